The van der Waals surface area contributed by atoms with Gasteiger partial charge in [-0.2, -0.15) is 0 Å². The van der Waals surface area contributed by atoms with E-state index in [1.54, 1.807) is 11.1 Å². The molecule has 0 aromatic rings. The van der Waals surface area contributed by atoms with Crippen LogP contribution in [0.15, 0.2) is 48.6 Å². The van der Waals surface area contributed by atoms with E-state index in [1.807, 2.05) is 12.2 Å². The molecule has 0 saturated carbocycles. The molecule has 0 bridgehead atoms. The molecule has 0 aromatic carbocycles. The van der Waals surface area contributed by atoms with Gasteiger partial charge >= 0.3 is 0 Å². The Balaban J connectivity index is 2.75. The first-order valence-corrected chi connectivity index (χ1v) is 5.45. The van der Waals surface area contributed by atoms with Crippen LogP contribution in [0.2, 0.25) is 0 Å². The third-order valence-electron chi connectivity index (χ3n) is 2.67. The van der Waals surface area contributed by atoms with E-state index in [4.69, 9.17) is 0 Å². The van der Waals surface area contributed by atoms with E-state index in [2.05, 4.69) is 25.3 Å². The van der Waals surface area contributed by atoms with Gasteiger partial charge < -0.3 is 0 Å². The SMILES string of the molecule is C=CC/C1=C(\CC=C)CC/C=C\CC1. The highest BCUT2D eigenvalue weighted by Crippen LogP contribution is 2.25. The zero-order valence-corrected chi connectivity index (χ0v) is 8.97. The summed E-state index contributed by atoms with van der Waals surface area (Å²) in [6, 6.07) is 0. The van der Waals surface area contributed by atoms with E-state index in [0.29, 0.717) is 0 Å². The van der Waals surface area contributed by atoms with Crippen LogP contribution in [0.4, 0.5) is 0 Å². The van der Waals surface area contributed by atoms with Crippen molar-refractivity contribution in [3.05, 3.63) is 48.6 Å². The fourth-order valence-electron chi connectivity index (χ4n) is 1.95. The topological polar surface area (TPSA) is 0 Å². The summed E-state index contributed by atoms with van der Waals surface area (Å²) in [4.78, 5) is 0. The first-order valence-electron chi connectivity index (χ1n) is 5.45. The van der Waals surface area contributed by atoms with Crippen molar-refractivity contribution in [1.82, 2.24) is 0 Å². The Hall–Kier alpha value is -1.04. The third kappa shape index (κ3) is 3.37. The summed E-state index contributed by atoms with van der Waals surface area (Å²) in [5, 5.41) is 0. The molecule has 0 spiro atoms. The van der Waals surface area contributed by atoms with Crippen LogP contribution in [0, 0.1) is 0 Å². The highest BCUT2D eigenvalue weighted by molar-refractivity contribution is 5.21. The highest BCUT2D eigenvalue weighted by Gasteiger charge is 2.05. The molecule has 1 rings (SSSR count). The van der Waals surface area contributed by atoms with Crippen LogP contribution in [0.25, 0.3) is 0 Å². The van der Waals surface area contributed by atoms with Gasteiger partial charge in [-0.05, 0) is 38.5 Å². The molecule has 0 nitrogen and oxygen atoms in total. The largest absolute Gasteiger partial charge is 0.103 e. The zero-order chi connectivity index (χ0) is 10.2. The number of hydrogen-bond donors (Lipinski definition) is 0. The summed E-state index contributed by atoms with van der Waals surface area (Å²) in [5.74, 6) is 0. The molecule has 0 fully saturated rings. The molecule has 0 unspecified atom stereocenters. The fourth-order valence-corrected chi connectivity index (χ4v) is 1.95. The van der Waals surface area contributed by atoms with Crippen LogP contribution in [-0.2, 0) is 0 Å². The zero-order valence-electron chi connectivity index (χ0n) is 8.97. The summed E-state index contributed by atoms with van der Waals surface area (Å²) < 4.78 is 0. The number of hydrogen-bond acceptors (Lipinski definition) is 0. The molecular weight excluding hydrogens is 168 g/mol. The molecule has 0 atom stereocenters. The maximum Gasteiger partial charge on any atom is -0.0139 e. The Labute approximate surface area is 87.7 Å². The summed E-state index contributed by atoms with van der Waals surface area (Å²) in [6.07, 6.45) is 15.5. The summed E-state index contributed by atoms with van der Waals surface area (Å²) >= 11 is 0. The number of rotatable bonds is 4. The minimum absolute atomic E-state index is 1.05. The van der Waals surface area contributed by atoms with Crippen molar-refractivity contribution in [3.8, 4) is 0 Å². The van der Waals surface area contributed by atoms with Crippen LogP contribution in [0.1, 0.15) is 38.5 Å². The Kier molecular flexibility index (Phi) is 5.06. The highest BCUT2D eigenvalue weighted by atomic mass is 14.1. The minimum Gasteiger partial charge on any atom is -0.103 e. The lowest BCUT2D eigenvalue weighted by Crippen LogP contribution is -1.94. The smallest absolute Gasteiger partial charge is 0.0139 e. The van der Waals surface area contributed by atoms with Gasteiger partial charge in [0.2, 0.25) is 0 Å². The van der Waals surface area contributed by atoms with Crippen molar-refractivity contribution < 1.29 is 0 Å². The second-order valence-corrected chi connectivity index (χ2v) is 3.74. The average Bonchev–Trinajstić information content (AvgIpc) is 2.16. The molecule has 0 aliphatic heterocycles. The summed E-state index contributed by atoms with van der Waals surface area (Å²) in [6.45, 7) is 7.65. The van der Waals surface area contributed by atoms with Crippen molar-refractivity contribution in [2.45, 2.75) is 38.5 Å². The van der Waals surface area contributed by atoms with Crippen LogP contribution in [0.3, 0.4) is 0 Å². The second kappa shape index (κ2) is 6.42. The minimum atomic E-state index is 1.05. The van der Waals surface area contributed by atoms with E-state index in [-0.39, 0.29) is 0 Å². The van der Waals surface area contributed by atoms with E-state index in [9.17, 15) is 0 Å². The van der Waals surface area contributed by atoms with Gasteiger partial charge in [-0.3, -0.25) is 0 Å². The average molecular weight is 188 g/mol. The second-order valence-electron chi connectivity index (χ2n) is 3.74. The summed E-state index contributed by atoms with van der Waals surface area (Å²) in [7, 11) is 0. The van der Waals surface area contributed by atoms with E-state index in [0.717, 1.165) is 12.8 Å². The Morgan fingerprint density at radius 1 is 0.929 bits per heavy atom. The normalized spacial score (nSPS) is 24.9. The van der Waals surface area contributed by atoms with E-state index >= 15 is 0 Å². The Bertz CT molecular complexity index is 227. The van der Waals surface area contributed by atoms with E-state index in [1.165, 1.54) is 25.7 Å². The standard InChI is InChI=1S/C14H20/c1-3-9-13-11-7-5-6-8-12-14(13)10-4-2/h3-6H,1-2,7-12H2/b6-5-,14-13-. The number of allylic oxidation sites excluding steroid dienone is 6. The molecule has 14 heavy (non-hydrogen) atoms. The van der Waals surface area contributed by atoms with Crippen molar-refractivity contribution >= 4 is 0 Å². The maximum atomic E-state index is 3.83. The third-order valence-corrected chi connectivity index (χ3v) is 2.67. The summed E-state index contributed by atoms with van der Waals surface area (Å²) in [5.41, 5.74) is 3.17. The molecule has 0 radical (unpaired) electrons. The molecule has 0 N–H and O–H groups in total. The first kappa shape index (κ1) is 11.0. The van der Waals surface area contributed by atoms with Gasteiger partial charge in [0.15, 0.2) is 0 Å². The Morgan fingerprint density at radius 3 is 1.71 bits per heavy atom. The molecule has 0 heterocycles. The van der Waals surface area contributed by atoms with Gasteiger partial charge in [0.05, 0.1) is 0 Å². The molecule has 0 saturated heterocycles. The monoisotopic (exact) mass is 188 g/mol. The predicted octanol–water partition coefficient (Wildman–Crippen LogP) is 4.57. The van der Waals surface area contributed by atoms with Gasteiger partial charge in [-0.25, -0.2) is 0 Å². The lowest BCUT2D eigenvalue weighted by Gasteiger charge is -2.14. The maximum absolute atomic E-state index is 3.83. The quantitative estimate of drug-likeness (QED) is 0.567. The molecule has 0 aromatic heterocycles. The fraction of sp³-hybridized carbons (Fsp3) is 0.429. The van der Waals surface area contributed by atoms with Crippen molar-refractivity contribution in [3.63, 3.8) is 0 Å². The van der Waals surface area contributed by atoms with Crippen molar-refractivity contribution in [2.75, 3.05) is 0 Å². The van der Waals surface area contributed by atoms with E-state index < -0.39 is 0 Å². The van der Waals surface area contributed by atoms with Gasteiger partial charge in [0.25, 0.3) is 0 Å². The molecule has 76 valence electrons. The van der Waals surface area contributed by atoms with Crippen LogP contribution < -0.4 is 0 Å². The molecule has 1 aliphatic carbocycles. The Morgan fingerprint density at radius 2 is 1.36 bits per heavy atom. The first-order chi connectivity index (χ1) is 6.88. The molecule has 1 aliphatic rings. The van der Waals surface area contributed by atoms with Gasteiger partial charge in [0, 0.05) is 0 Å². The van der Waals surface area contributed by atoms with Crippen molar-refractivity contribution in [2.24, 2.45) is 0 Å². The van der Waals surface area contributed by atoms with Gasteiger partial charge in [-0.15, -0.1) is 13.2 Å². The lowest BCUT2D eigenvalue weighted by molar-refractivity contribution is 0.823. The molecule has 0 amide bonds. The lowest BCUT2D eigenvalue weighted by atomic mass is 9.92. The van der Waals surface area contributed by atoms with Crippen molar-refractivity contribution in [1.29, 1.82) is 0 Å². The molecular formula is C14H20. The van der Waals surface area contributed by atoms with Crippen LogP contribution in [-0.4, -0.2) is 0 Å². The van der Waals surface area contributed by atoms with Gasteiger partial charge in [-0.1, -0.05) is 35.5 Å². The van der Waals surface area contributed by atoms with Crippen LogP contribution in [0.5, 0.6) is 0 Å². The molecule has 0 heteroatoms. The van der Waals surface area contributed by atoms with Gasteiger partial charge in [0.1, 0.15) is 0 Å². The van der Waals surface area contributed by atoms with Crippen LogP contribution >= 0.6 is 0 Å². The predicted molar refractivity (Wildman–Crippen MR) is 64.3 cm³/mol.